The first kappa shape index (κ1) is 11.0. The van der Waals surface area contributed by atoms with Crippen LogP contribution in [0.2, 0.25) is 0 Å². The summed E-state index contributed by atoms with van der Waals surface area (Å²) in [6.07, 6.45) is 5.44. The fraction of sp³-hybridized carbons (Fsp3) is 0.545. The molecule has 1 fully saturated rings. The Labute approximate surface area is 94.1 Å². The summed E-state index contributed by atoms with van der Waals surface area (Å²) in [6.45, 7) is 3.20. The van der Waals surface area contributed by atoms with Gasteiger partial charge in [-0.15, -0.1) is 0 Å². The summed E-state index contributed by atoms with van der Waals surface area (Å²) in [7, 11) is 0. The van der Waals surface area contributed by atoms with E-state index in [9.17, 15) is 9.90 Å². The zero-order chi connectivity index (χ0) is 11.6. The molecule has 86 valence electrons. The minimum Gasteiger partial charge on any atom is -0.388 e. The topological polar surface area (TPSA) is 66.3 Å². The first-order valence-electron chi connectivity index (χ1n) is 5.35. The van der Waals surface area contributed by atoms with Crippen LogP contribution in [0.4, 0.5) is 5.95 Å². The number of carbonyl (C=O) groups is 1. The average Bonchev–Trinajstić information content (AvgIpc) is 2.28. The van der Waals surface area contributed by atoms with E-state index in [4.69, 9.17) is 0 Å². The second-order valence-corrected chi connectivity index (χ2v) is 4.46. The SMILES string of the molecule is CC1(O)CCCN(c2ncc(C=O)cn2)C1. The lowest BCUT2D eigenvalue weighted by atomic mass is 9.95. The van der Waals surface area contributed by atoms with Gasteiger partial charge in [-0.1, -0.05) is 0 Å². The number of piperidine rings is 1. The number of aldehydes is 1. The molecule has 1 aromatic heterocycles. The Bertz CT molecular complexity index is 375. The van der Waals surface area contributed by atoms with Crippen molar-refractivity contribution in [3.63, 3.8) is 0 Å². The molecule has 0 aliphatic carbocycles. The first-order valence-corrected chi connectivity index (χ1v) is 5.35. The van der Waals surface area contributed by atoms with Crippen LogP contribution < -0.4 is 4.90 Å². The van der Waals surface area contributed by atoms with Crippen LogP contribution in [0.3, 0.4) is 0 Å². The van der Waals surface area contributed by atoms with Gasteiger partial charge in [0, 0.05) is 25.5 Å². The largest absolute Gasteiger partial charge is 0.388 e. The van der Waals surface area contributed by atoms with Crippen LogP contribution in [-0.2, 0) is 0 Å². The molecule has 1 atom stereocenters. The van der Waals surface area contributed by atoms with Crippen molar-refractivity contribution in [2.75, 3.05) is 18.0 Å². The Morgan fingerprint density at radius 2 is 2.19 bits per heavy atom. The Kier molecular flexibility index (Phi) is 2.87. The lowest BCUT2D eigenvalue weighted by Crippen LogP contribution is -2.46. The fourth-order valence-corrected chi connectivity index (χ4v) is 1.95. The maximum atomic E-state index is 10.5. The van der Waals surface area contributed by atoms with Crippen LogP contribution in [0.15, 0.2) is 12.4 Å². The summed E-state index contributed by atoms with van der Waals surface area (Å²) in [6, 6.07) is 0. The molecule has 5 nitrogen and oxygen atoms in total. The number of β-amino-alcohol motifs (C(OH)–C–C–N with tert-alkyl or cyclic N) is 1. The van der Waals surface area contributed by atoms with Crippen molar-refractivity contribution < 1.29 is 9.90 Å². The minimum absolute atomic E-state index is 0.465. The number of anilines is 1. The number of hydrogen-bond acceptors (Lipinski definition) is 5. The van der Waals surface area contributed by atoms with E-state index in [2.05, 4.69) is 9.97 Å². The Morgan fingerprint density at radius 1 is 1.50 bits per heavy atom. The van der Waals surface area contributed by atoms with Crippen molar-refractivity contribution in [2.24, 2.45) is 0 Å². The summed E-state index contributed by atoms with van der Waals surface area (Å²) in [5.74, 6) is 0.575. The second kappa shape index (κ2) is 4.17. The van der Waals surface area contributed by atoms with E-state index >= 15 is 0 Å². The minimum atomic E-state index is -0.676. The third-order valence-corrected chi connectivity index (χ3v) is 2.75. The van der Waals surface area contributed by atoms with Crippen LogP contribution in [0.1, 0.15) is 30.1 Å². The van der Waals surface area contributed by atoms with Gasteiger partial charge in [-0.25, -0.2) is 9.97 Å². The molecular weight excluding hydrogens is 206 g/mol. The molecule has 16 heavy (non-hydrogen) atoms. The highest BCUT2D eigenvalue weighted by Crippen LogP contribution is 2.22. The molecule has 0 spiro atoms. The van der Waals surface area contributed by atoms with Crippen molar-refractivity contribution in [3.8, 4) is 0 Å². The monoisotopic (exact) mass is 221 g/mol. The van der Waals surface area contributed by atoms with E-state index in [1.54, 1.807) is 0 Å². The van der Waals surface area contributed by atoms with Gasteiger partial charge in [0.05, 0.1) is 11.2 Å². The van der Waals surface area contributed by atoms with Crippen LogP contribution in [-0.4, -0.2) is 40.1 Å². The van der Waals surface area contributed by atoms with E-state index in [1.165, 1.54) is 12.4 Å². The predicted molar refractivity (Wildman–Crippen MR) is 59.5 cm³/mol. The van der Waals surface area contributed by atoms with E-state index < -0.39 is 5.60 Å². The second-order valence-electron chi connectivity index (χ2n) is 4.46. The van der Waals surface area contributed by atoms with Crippen molar-refractivity contribution in [1.29, 1.82) is 0 Å². The summed E-state index contributed by atoms with van der Waals surface area (Å²) < 4.78 is 0. The summed E-state index contributed by atoms with van der Waals surface area (Å²) in [5.41, 5.74) is -0.210. The first-order chi connectivity index (χ1) is 7.61. The molecule has 2 heterocycles. The molecule has 1 N–H and O–H groups in total. The zero-order valence-corrected chi connectivity index (χ0v) is 9.26. The molecule has 0 bridgehead atoms. The lowest BCUT2D eigenvalue weighted by molar-refractivity contribution is 0.0444. The van der Waals surface area contributed by atoms with Crippen LogP contribution in [0, 0.1) is 0 Å². The third-order valence-electron chi connectivity index (χ3n) is 2.75. The van der Waals surface area contributed by atoms with Gasteiger partial charge in [-0.05, 0) is 19.8 Å². The molecule has 1 saturated heterocycles. The lowest BCUT2D eigenvalue weighted by Gasteiger charge is -2.36. The fourth-order valence-electron chi connectivity index (χ4n) is 1.95. The van der Waals surface area contributed by atoms with Crippen LogP contribution >= 0.6 is 0 Å². The third kappa shape index (κ3) is 2.36. The van der Waals surface area contributed by atoms with Crippen LogP contribution in [0.25, 0.3) is 0 Å². The van der Waals surface area contributed by atoms with Crippen molar-refractivity contribution in [1.82, 2.24) is 9.97 Å². The van der Waals surface area contributed by atoms with Gasteiger partial charge < -0.3 is 10.0 Å². The summed E-state index contributed by atoms with van der Waals surface area (Å²) in [5, 5.41) is 9.95. The van der Waals surface area contributed by atoms with Gasteiger partial charge in [0.25, 0.3) is 0 Å². The highest BCUT2D eigenvalue weighted by molar-refractivity contribution is 5.73. The smallest absolute Gasteiger partial charge is 0.225 e. The molecule has 0 radical (unpaired) electrons. The molecule has 0 aromatic carbocycles. The number of aromatic nitrogens is 2. The number of nitrogens with zero attached hydrogens (tertiary/aromatic N) is 3. The van der Waals surface area contributed by atoms with Crippen LogP contribution in [0.5, 0.6) is 0 Å². The normalized spacial score (nSPS) is 25.5. The molecule has 1 unspecified atom stereocenters. The standard InChI is InChI=1S/C11H15N3O2/c1-11(16)3-2-4-14(8-11)10-12-5-9(7-15)6-13-10/h5-7,16H,2-4,8H2,1H3. The Hall–Kier alpha value is -1.49. The van der Waals surface area contributed by atoms with Gasteiger partial charge in [0.2, 0.25) is 5.95 Å². The molecule has 1 aromatic rings. The van der Waals surface area contributed by atoms with Crippen molar-refractivity contribution in [2.45, 2.75) is 25.4 Å². The number of carbonyl (C=O) groups excluding carboxylic acids is 1. The van der Waals surface area contributed by atoms with Gasteiger partial charge in [0.15, 0.2) is 6.29 Å². The maximum Gasteiger partial charge on any atom is 0.225 e. The van der Waals surface area contributed by atoms with Gasteiger partial charge >= 0.3 is 0 Å². The average molecular weight is 221 g/mol. The molecular formula is C11H15N3O2. The molecule has 1 aliphatic rings. The quantitative estimate of drug-likeness (QED) is 0.742. The van der Waals surface area contributed by atoms with Crippen molar-refractivity contribution in [3.05, 3.63) is 18.0 Å². The van der Waals surface area contributed by atoms with E-state index in [0.29, 0.717) is 18.1 Å². The number of aliphatic hydroxyl groups is 1. The molecule has 2 rings (SSSR count). The maximum absolute atomic E-state index is 10.5. The molecule has 0 saturated carbocycles. The number of hydrogen-bond donors (Lipinski definition) is 1. The molecule has 0 amide bonds. The predicted octanol–water partition coefficient (Wildman–Crippen LogP) is 0.640. The highest BCUT2D eigenvalue weighted by Gasteiger charge is 2.29. The van der Waals surface area contributed by atoms with Crippen molar-refractivity contribution >= 4 is 12.2 Å². The molecule has 5 heteroatoms. The Balaban J connectivity index is 2.14. The molecule has 1 aliphatic heterocycles. The van der Waals surface area contributed by atoms with E-state index in [1.807, 2.05) is 11.8 Å². The highest BCUT2D eigenvalue weighted by atomic mass is 16.3. The van der Waals surface area contributed by atoms with Gasteiger partial charge in [-0.3, -0.25) is 4.79 Å². The van der Waals surface area contributed by atoms with E-state index in [-0.39, 0.29) is 0 Å². The summed E-state index contributed by atoms with van der Waals surface area (Å²) >= 11 is 0. The van der Waals surface area contributed by atoms with Gasteiger partial charge in [0.1, 0.15) is 0 Å². The van der Waals surface area contributed by atoms with E-state index in [0.717, 1.165) is 25.7 Å². The summed E-state index contributed by atoms with van der Waals surface area (Å²) in [4.78, 5) is 20.6. The Morgan fingerprint density at radius 3 is 2.75 bits per heavy atom. The van der Waals surface area contributed by atoms with Gasteiger partial charge in [-0.2, -0.15) is 0 Å². The zero-order valence-electron chi connectivity index (χ0n) is 9.26. The number of rotatable bonds is 2.